The van der Waals surface area contributed by atoms with E-state index in [0.717, 1.165) is 23.2 Å². The van der Waals surface area contributed by atoms with E-state index in [2.05, 4.69) is 29.4 Å². The van der Waals surface area contributed by atoms with Gasteiger partial charge in [0.2, 0.25) is 11.7 Å². The number of amides is 1. The van der Waals surface area contributed by atoms with E-state index in [-0.39, 0.29) is 5.91 Å². The minimum Gasteiger partial charge on any atom is -0.493 e. The molecule has 34 heavy (non-hydrogen) atoms. The Hall–Kier alpha value is -3.97. The standard InChI is InChI=1S/C27H31N3O4/c1-30(18-21-15-24(32-2)27(34-4)25(16-21)33-3)17-20-11-9-19(10-12-20)13-14-26(31)29-23-8-6-5-7-22(23)28/h5-16H,17-18,28H2,1-4H3,(H,29,31)/b14-13+. The van der Waals surface area contributed by atoms with E-state index in [1.807, 2.05) is 36.4 Å². The second-order valence-electron chi connectivity index (χ2n) is 7.86. The molecule has 3 N–H and O–H groups in total. The van der Waals surface area contributed by atoms with Gasteiger partial charge in [-0.25, -0.2) is 0 Å². The van der Waals surface area contributed by atoms with Crippen molar-refractivity contribution < 1.29 is 19.0 Å². The van der Waals surface area contributed by atoms with Gasteiger partial charge in [-0.3, -0.25) is 9.69 Å². The molecule has 0 atom stereocenters. The number of nitrogen functional groups attached to an aromatic ring is 1. The normalized spacial score (nSPS) is 11.0. The number of nitrogens with two attached hydrogens (primary N) is 1. The van der Waals surface area contributed by atoms with Crippen molar-refractivity contribution in [1.82, 2.24) is 4.90 Å². The Morgan fingerprint density at radius 2 is 1.53 bits per heavy atom. The average Bonchev–Trinajstić information content (AvgIpc) is 2.84. The van der Waals surface area contributed by atoms with Crippen molar-refractivity contribution in [3.63, 3.8) is 0 Å². The number of carbonyl (C=O) groups is 1. The fourth-order valence-corrected chi connectivity index (χ4v) is 3.60. The van der Waals surface area contributed by atoms with Crippen LogP contribution in [0.25, 0.3) is 6.08 Å². The molecule has 178 valence electrons. The number of nitrogens with one attached hydrogen (secondary N) is 1. The van der Waals surface area contributed by atoms with Crippen LogP contribution in [0.1, 0.15) is 16.7 Å². The summed E-state index contributed by atoms with van der Waals surface area (Å²) in [6, 6.07) is 19.2. The molecule has 0 radical (unpaired) electrons. The van der Waals surface area contributed by atoms with Crippen LogP contribution in [0.15, 0.2) is 66.7 Å². The highest BCUT2D eigenvalue weighted by molar-refractivity contribution is 6.03. The summed E-state index contributed by atoms with van der Waals surface area (Å²) in [6.45, 7) is 1.47. The number of rotatable bonds is 10. The average molecular weight is 462 g/mol. The Bertz CT molecular complexity index is 1120. The highest BCUT2D eigenvalue weighted by atomic mass is 16.5. The first-order valence-corrected chi connectivity index (χ1v) is 10.8. The van der Waals surface area contributed by atoms with Crippen LogP contribution in [0.5, 0.6) is 17.2 Å². The Morgan fingerprint density at radius 1 is 0.912 bits per heavy atom. The van der Waals surface area contributed by atoms with Gasteiger partial charge in [0.1, 0.15) is 0 Å². The van der Waals surface area contributed by atoms with Gasteiger partial charge < -0.3 is 25.3 Å². The molecule has 0 aliphatic heterocycles. The van der Waals surface area contributed by atoms with Crippen LogP contribution < -0.4 is 25.3 Å². The van der Waals surface area contributed by atoms with E-state index in [1.54, 1.807) is 39.5 Å². The SMILES string of the molecule is COc1cc(CN(C)Cc2ccc(/C=C/C(=O)Nc3ccccc3N)cc2)cc(OC)c1OC. The van der Waals surface area contributed by atoms with Crippen molar-refractivity contribution >= 4 is 23.4 Å². The summed E-state index contributed by atoms with van der Waals surface area (Å²) in [4.78, 5) is 14.4. The zero-order valence-corrected chi connectivity index (χ0v) is 20.0. The predicted octanol–water partition coefficient (Wildman–Crippen LogP) is 4.58. The maximum Gasteiger partial charge on any atom is 0.248 e. The maximum absolute atomic E-state index is 12.2. The lowest BCUT2D eigenvalue weighted by molar-refractivity contribution is -0.111. The van der Waals surface area contributed by atoms with Crippen molar-refractivity contribution in [2.24, 2.45) is 0 Å². The first-order valence-electron chi connectivity index (χ1n) is 10.8. The van der Waals surface area contributed by atoms with E-state index in [4.69, 9.17) is 19.9 Å². The summed E-state index contributed by atoms with van der Waals surface area (Å²) < 4.78 is 16.3. The highest BCUT2D eigenvalue weighted by Gasteiger charge is 2.14. The Balaban J connectivity index is 1.58. The second-order valence-corrected chi connectivity index (χ2v) is 7.86. The third-order valence-electron chi connectivity index (χ3n) is 5.26. The number of methoxy groups -OCH3 is 3. The molecule has 0 bridgehead atoms. The van der Waals surface area contributed by atoms with Gasteiger partial charge in [0.25, 0.3) is 0 Å². The lowest BCUT2D eigenvalue weighted by atomic mass is 10.1. The van der Waals surface area contributed by atoms with Gasteiger partial charge in [0.05, 0.1) is 32.7 Å². The van der Waals surface area contributed by atoms with E-state index in [9.17, 15) is 4.79 Å². The molecule has 0 aliphatic rings. The minimum absolute atomic E-state index is 0.230. The molecule has 0 heterocycles. The number of carbonyl (C=O) groups excluding carboxylic acids is 1. The fourth-order valence-electron chi connectivity index (χ4n) is 3.60. The number of benzene rings is 3. The Morgan fingerprint density at radius 3 is 2.12 bits per heavy atom. The Kier molecular flexibility index (Phi) is 8.54. The van der Waals surface area contributed by atoms with Gasteiger partial charge in [0.15, 0.2) is 11.5 Å². The van der Waals surface area contributed by atoms with Crippen molar-refractivity contribution in [1.29, 1.82) is 0 Å². The van der Waals surface area contributed by atoms with Gasteiger partial charge in [0, 0.05) is 19.2 Å². The molecule has 3 aromatic carbocycles. The summed E-state index contributed by atoms with van der Waals surface area (Å²) in [6.07, 6.45) is 3.27. The van der Waals surface area contributed by atoms with E-state index in [1.165, 1.54) is 6.08 Å². The van der Waals surface area contributed by atoms with E-state index in [0.29, 0.717) is 35.2 Å². The van der Waals surface area contributed by atoms with Crippen molar-refractivity contribution in [2.75, 3.05) is 39.4 Å². The van der Waals surface area contributed by atoms with Crippen LogP contribution in [-0.4, -0.2) is 39.2 Å². The molecule has 3 aromatic rings. The Labute approximate surface area is 200 Å². The number of anilines is 2. The lowest BCUT2D eigenvalue weighted by Crippen LogP contribution is -2.17. The van der Waals surface area contributed by atoms with Crippen LogP contribution >= 0.6 is 0 Å². The largest absolute Gasteiger partial charge is 0.493 e. The topological polar surface area (TPSA) is 86.1 Å². The fraction of sp³-hybridized carbons (Fsp3) is 0.222. The first kappa shape index (κ1) is 24.7. The molecular weight excluding hydrogens is 430 g/mol. The van der Waals surface area contributed by atoms with Crippen LogP contribution in [0, 0.1) is 0 Å². The number of hydrogen-bond donors (Lipinski definition) is 2. The highest BCUT2D eigenvalue weighted by Crippen LogP contribution is 2.38. The van der Waals surface area contributed by atoms with Gasteiger partial charge in [-0.1, -0.05) is 36.4 Å². The third-order valence-corrected chi connectivity index (χ3v) is 5.26. The molecule has 0 aliphatic carbocycles. The summed E-state index contributed by atoms with van der Waals surface area (Å²) in [5, 5.41) is 2.78. The molecule has 3 rings (SSSR count). The molecular formula is C27H31N3O4. The van der Waals surface area contributed by atoms with Crippen LogP contribution in [0.2, 0.25) is 0 Å². The van der Waals surface area contributed by atoms with Gasteiger partial charge in [-0.2, -0.15) is 0 Å². The number of para-hydroxylation sites is 2. The van der Waals surface area contributed by atoms with Crippen LogP contribution in [-0.2, 0) is 17.9 Å². The molecule has 1 amide bonds. The molecule has 0 fully saturated rings. The predicted molar refractivity (Wildman–Crippen MR) is 136 cm³/mol. The number of hydrogen-bond acceptors (Lipinski definition) is 6. The third kappa shape index (κ3) is 6.52. The van der Waals surface area contributed by atoms with Crippen molar-refractivity contribution in [2.45, 2.75) is 13.1 Å². The number of ether oxygens (including phenoxy) is 3. The maximum atomic E-state index is 12.2. The summed E-state index contributed by atoms with van der Waals surface area (Å²) in [7, 11) is 6.87. The number of nitrogens with zero attached hydrogens (tertiary/aromatic N) is 1. The monoisotopic (exact) mass is 461 g/mol. The zero-order chi connectivity index (χ0) is 24.5. The van der Waals surface area contributed by atoms with E-state index < -0.39 is 0 Å². The van der Waals surface area contributed by atoms with Crippen LogP contribution in [0.3, 0.4) is 0 Å². The van der Waals surface area contributed by atoms with Crippen molar-refractivity contribution in [3.8, 4) is 17.2 Å². The summed E-state index contributed by atoms with van der Waals surface area (Å²) in [5.74, 6) is 1.63. The first-order chi connectivity index (χ1) is 16.4. The molecule has 0 spiro atoms. The molecule has 0 aromatic heterocycles. The van der Waals surface area contributed by atoms with Crippen LogP contribution in [0.4, 0.5) is 11.4 Å². The van der Waals surface area contributed by atoms with E-state index >= 15 is 0 Å². The zero-order valence-electron chi connectivity index (χ0n) is 20.0. The van der Waals surface area contributed by atoms with Gasteiger partial charge in [-0.15, -0.1) is 0 Å². The summed E-state index contributed by atoms with van der Waals surface area (Å²) in [5.41, 5.74) is 10.1. The molecule has 0 saturated carbocycles. The molecule has 0 saturated heterocycles. The van der Waals surface area contributed by atoms with Gasteiger partial charge in [-0.05, 0) is 54.1 Å². The molecule has 7 nitrogen and oxygen atoms in total. The minimum atomic E-state index is -0.230. The van der Waals surface area contributed by atoms with Crippen molar-refractivity contribution in [3.05, 3.63) is 83.4 Å². The van der Waals surface area contributed by atoms with Gasteiger partial charge >= 0.3 is 0 Å². The second kappa shape index (κ2) is 11.8. The molecule has 7 heteroatoms. The lowest BCUT2D eigenvalue weighted by Gasteiger charge is -2.19. The molecule has 0 unspecified atom stereocenters. The smallest absolute Gasteiger partial charge is 0.248 e. The quantitative estimate of drug-likeness (QED) is 0.340. The summed E-state index contributed by atoms with van der Waals surface area (Å²) >= 11 is 0.